The molecule has 1 amide bonds. The summed E-state index contributed by atoms with van der Waals surface area (Å²) in [7, 11) is 0. The van der Waals surface area contributed by atoms with E-state index < -0.39 is 18.4 Å². The summed E-state index contributed by atoms with van der Waals surface area (Å²) < 4.78 is 1.23. The van der Waals surface area contributed by atoms with Crippen LogP contribution < -0.4 is 5.32 Å². The Hall–Kier alpha value is -3.13. The van der Waals surface area contributed by atoms with E-state index in [2.05, 4.69) is 15.4 Å². The Morgan fingerprint density at radius 2 is 1.88 bits per heavy atom. The zero-order valence-corrected chi connectivity index (χ0v) is 14.4. The van der Waals surface area contributed by atoms with Crippen LogP contribution in [0.1, 0.15) is 21.6 Å². The highest BCUT2D eigenvalue weighted by atomic mass is 35.5. The van der Waals surface area contributed by atoms with E-state index >= 15 is 0 Å². The second-order valence-corrected chi connectivity index (χ2v) is 5.46. The first-order chi connectivity index (χ1) is 12.1. The maximum absolute atomic E-state index is 12.1. The lowest BCUT2D eigenvalue weighted by Crippen LogP contribution is -2.31. The number of benzene rings is 1. The van der Waals surface area contributed by atoms with Crippen LogP contribution in [0.4, 0.5) is 0 Å². The highest BCUT2D eigenvalue weighted by Gasteiger charge is 2.20. The number of nitrogens with zero attached hydrogens (tertiary/aromatic N) is 3. The number of nitrogens with one attached hydrogen (secondary N) is 1. The number of pyridine rings is 1. The molecule has 2 heterocycles. The number of rotatable bonds is 6. The molecule has 0 unspecified atom stereocenters. The van der Waals surface area contributed by atoms with Crippen molar-refractivity contribution in [2.75, 3.05) is 6.54 Å². The van der Waals surface area contributed by atoms with E-state index in [0.29, 0.717) is 12.1 Å². The second kappa shape index (κ2) is 8.30. The topological polar surface area (TPSA) is 117 Å². The molecule has 136 valence electrons. The molecule has 0 aliphatic carbocycles. The molecule has 0 radical (unpaired) electrons. The summed E-state index contributed by atoms with van der Waals surface area (Å²) >= 11 is 0. The van der Waals surface area contributed by atoms with Gasteiger partial charge in [0.05, 0.1) is 0 Å². The average molecular weight is 377 g/mol. The van der Waals surface area contributed by atoms with Crippen molar-refractivity contribution in [3.05, 3.63) is 59.5 Å². The van der Waals surface area contributed by atoms with Crippen LogP contribution in [0.5, 0.6) is 5.75 Å². The average Bonchev–Trinajstić information content (AvgIpc) is 3.08. The summed E-state index contributed by atoms with van der Waals surface area (Å²) in [6, 6.07) is 11.3. The lowest BCUT2D eigenvalue weighted by Gasteiger charge is -2.10. The van der Waals surface area contributed by atoms with Gasteiger partial charge in [0.2, 0.25) is 0 Å². The van der Waals surface area contributed by atoms with Gasteiger partial charge in [0.15, 0.2) is 11.3 Å². The van der Waals surface area contributed by atoms with E-state index in [9.17, 15) is 14.7 Å². The molecule has 0 spiro atoms. The van der Waals surface area contributed by atoms with Crippen LogP contribution in [0, 0.1) is 0 Å². The van der Waals surface area contributed by atoms with E-state index in [-0.39, 0.29) is 23.9 Å². The number of aromatic nitrogens is 3. The third-order valence-corrected chi connectivity index (χ3v) is 3.74. The number of carboxylic acid groups (broad SMARTS) is 1. The van der Waals surface area contributed by atoms with Gasteiger partial charge in [0, 0.05) is 5.56 Å². The molecule has 1 aromatic carbocycles. The quantitative estimate of drug-likeness (QED) is 0.599. The van der Waals surface area contributed by atoms with Crippen molar-refractivity contribution < 1.29 is 19.8 Å². The van der Waals surface area contributed by atoms with Crippen molar-refractivity contribution in [1.82, 2.24) is 19.9 Å². The van der Waals surface area contributed by atoms with Crippen LogP contribution in [-0.2, 0) is 17.6 Å². The number of aliphatic carboxylic acids is 1. The molecule has 3 aromatic rings. The highest BCUT2D eigenvalue weighted by molar-refractivity contribution is 5.97. The number of carboxylic acids is 1. The van der Waals surface area contributed by atoms with Gasteiger partial charge >= 0.3 is 5.97 Å². The number of fused-ring (bicyclic) bond motifs is 1. The normalized spacial score (nSPS) is 10.3. The Morgan fingerprint density at radius 3 is 2.58 bits per heavy atom. The van der Waals surface area contributed by atoms with Crippen LogP contribution >= 0.6 is 12.4 Å². The molecular formula is C17H17ClN4O4. The van der Waals surface area contributed by atoms with Crippen molar-refractivity contribution in [2.45, 2.75) is 12.8 Å². The van der Waals surface area contributed by atoms with Crippen LogP contribution in [0.15, 0.2) is 42.7 Å². The predicted molar refractivity (Wildman–Crippen MR) is 95.7 cm³/mol. The molecule has 3 rings (SSSR count). The first kappa shape index (κ1) is 19.2. The first-order valence-corrected chi connectivity index (χ1v) is 7.64. The van der Waals surface area contributed by atoms with Crippen LogP contribution in [0.2, 0.25) is 0 Å². The smallest absolute Gasteiger partial charge is 0.322 e. The van der Waals surface area contributed by atoms with Gasteiger partial charge in [0.25, 0.3) is 5.91 Å². The molecular weight excluding hydrogens is 360 g/mol. The summed E-state index contributed by atoms with van der Waals surface area (Å²) in [5.74, 6) is -2.18. The van der Waals surface area contributed by atoms with Crippen molar-refractivity contribution in [3.63, 3.8) is 0 Å². The minimum atomic E-state index is -1.18. The van der Waals surface area contributed by atoms with Crippen molar-refractivity contribution in [1.29, 1.82) is 0 Å². The Morgan fingerprint density at radius 1 is 1.15 bits per heavy atom. The number of aryl methyl sites for hydroxylation is 2. The van der Waals surface area contributed by atoms with E-state index in [1.807, 2.05) is 30.3 Å². The number of hydrogen-bond acceptors (Lipinski definition) is 5. The number of carbonyl (C=O) groups is 2. The van der Waals surface area contributed by atoms with Crippen molar-refractivity contribution in [2.24, 2.45) is 0 Å². The fourth-order valence-electron chi connectivity index (χ4n) is 2.59. The SMILES string of the molecule is Cl.O=C(O)CNC(=O)c1c(O)cc(CCc2ccccc2)c2ncnn12. The van der Waals surface area contributed by atoms with E-state index in [4.69, 9.17) is 5.11 Å². The fourth-order valence-corrected chi connectivity index (χ4v) is 2.59. The molecule has 3 N–H and O–H groups in total. The summed E-state index contributed by atoms with van der Waals surface area (Å²) in [5, 5.41) is 25.1. The third kappa shape index (κ3) is 4.09. The fraction of sp³-hybridized carbons (Fsp3) is 0.176. The number of aromatic hydroxyl groups is 1. The number of hydrogen-bond donors (Lipinski definition) is 3. The van der Waals surface area contributed by atoms with E-state index in [1.165, 1.54) is 16.9 Å². The Kier molecular flexibility index (Phi) is 6.13. The van der Waals surface area contributed by atoms with Crippen molar-refractivity contribution in [3.8, 4) is 5.75 Å². The second-order valence-electron chi connectivity index (χ2n) is 5.46. The lowest BCUT2D eigenvalue weighted by molar-refractivity contribution is -0.135. The first-order valence-electron chi connectivity index (χ1n) is 7.64. The Labute approximate surface area is 154 Å². The molecule has 2 aromatic heterocycles. The molecule has 0 saturated carbocycles. The zero-order chi connectivity index (χ0) is 17.8. The molecule has 26 heavy (non-hydrogen) atoms. The number of carbonyl (C=O) groups excluding carboxylic acids is 1. The molecule has 0 bridgehead atoms. The van der Waals surface area contributed by atoms with Crippen molar-refractivity contribution >= 4 is 29.9 Å². The number of halogens is 1. The van der Waals surface area contributed by atoms with Gasteiger partial charge in [0.1, 0.15) is 18.6 Å². The molecule has 0 aliphatic rings. The molecule has 8 nitrogen and oxygen atoms in total. The molecule has 9 heteroatoms. The monoisotopic (exact) mass is 376 g/mol. The van der Waals surface area contributed by atoms with Gasteiger partial charge in [-0.15, -0.1) is 12.4 Å². The van der Waals surface area contributed by atoms with Gasteiger partial charge in [-0.2, -0.15) is 5.10 Å². The van der Waals surface area contributed by atoms with Gasteiger partial charge in [-0.05, 0) is 24.5 Å². The lowest BCUT2D eigenvalue weighted by atomic mass is 10.0. The van der Waals surface area contributed by atoms with E-state index in [0.717, 1.165) is 17.5 Å². The van der Waals surface area contributed by atoms with Crippen LogP contribution in [0.25, 0.3) is 5.65 Å². The highest BCUT2D eigenvalue weighted by Crippen LogP contribution is 2.23. The Bertz CT molecular complexity index is 927. The maximum atomic E-state index is 12.1. The minimum Gasteiger partial charge on any atom is -0.505 e. The zero-order valence-electron chi connectivity index (χ0n) is 13.6. The summed E-state index contributed by atoms with van der Waals surface area (Å²) in [6.07, 6.45) is 2.64. The van der Waals surface area contributed by atoms with Gasteiger partial charge in [-0.3, -0.25) is 9.59 Å². The largest absolute Gasteiger partial charge is 0.505 e. The molecule has 0 atom stereocenters. The molecule has 0 fully saturated rings. The van der Waals surface area contributed by atoms with Crippen LogP contribution in [0.3, 0.4) is 0 Å². The number of amides is 1. The standard InChI is InChI=1S/C17H16N4O4.ClH/c22-13-8-12(7-6-11-4-2-1-3-5-11)16-19-10-20-21(16)15(13)17(25)18-9-14(23)24;/h1-5,8,10,22H,6-7,9H2,(H,18,25)(H,23,24);1H. The van der Waals surface area contributed by atoms with Gasteiger partial charge in [-0.1, -0.05) is 30.3 Å². The molecule has 0 aliphatic heterocycles. The van der Waals surface area contributed by atoms with E-state index in [1.54, 1.807) is 0 Å². The van der Waals surface area contributed by atoms with Crippen LogP contribution in [-0.4, -0.2) is 43.2 Å². The summed E-state index contributed by atoms with van der Waals surface area (Å²) in [6.45, 7) is -0.551. The predicted octanol–water partition coefficient (Wildman–Crippen LogP) is 1.46. The third-order valence-electron chi connectivity index (χ3n) is 3.74. The van der Waals surface area contributed by atoms with Gasteiger partial charge in [-0.25, -0.2) is 9.50 Å². The minimum absolute atomic E-state index is 0. The Balaban J connectivity index is 0.00000243. The molecule has 0 saturated heterocycles. The summed E-state index contributed by atoms with van der Waals surface area (Å²) in [5.41, 5.74) is 2.20. The maximum Gasteiger partial charge on any atom is 0.322 e. The summed E-state index contributed by atoms with van der Waals surface area (Å²) in [4.78, 5) is 26.9. The van der Waals surface area contributed by atoms with Gasteiger partial charge < -0.3 is 15.5 Å².